The molecule has 2 aliphatic carbocycles. The summed E-state index contributed by atoms with van der Waals surface area (Å²) in [5.74, 6) is 2.07. The van der Waals surface area contributed by atoms with E-state index in [2.05, 4.69) is 12.4 Å². The van der Waals surface area contributed by atoms with E-state index in [1.165, 1.54) is 64.2 Å². The molecule has 2 fully saturated rings. The highest BCUT2D eigenvalue weighted by atomic mass is 14.9. The fourth-order valence-electron chi connectivity index (χ4n) is 3.69. The Bertz CT molecular complexity index is 166. The molecule has 0 aromatic rings. The van der Waals surface area contributed by atoms with E-state index in [1.54, 1.807) is 0 Å². The van der Waals surface area contributed by atoms with E-state index in [0.29, 0.717) is 0 Å². The van der Waals surface area contributed by atoms with Gasteiger partial charge in [-0.15, -0.1) is 0 Å². The highest BCUT2D eigenvalue weighted by Gasteiger charge is 2.25. The van der Waals surface area contributed by atoms with Gasteiger partial charge in [-0.25, -0.2) is 0 Å². The highest BCUT2D eigenvalue weighted by molar-refractivity contribution is 4.81. The Balaban J connectivity index is 1.69. The van der Waals surface area contributed by atoms with Gasteiger partial charge in [0.2, 0.25) is 0 Å². The van der Waals surface area contributed by atoms with E-state index in [1.807, 2.05) is 0 Å². The van der Waals surface area contributed by atoms with Crippen molar-refractivity contribution in [3.05, 3.63) is 0 Å². The number of rotatable bonds is 5. The van der Waals surface area contributed by atoms with E-state index in [9.17, 15) is 0 Å². The summed E-state index contributed by atoms with van der Waals surface area (Å²) in [4.78, 5) is 0. The van der Waals surface area contributed by atoms with Gasteiger partial charge < -0.3 is 5.32 Å². The first-order chi connectivity index (χ1) is 7.40. The van der Waals surface area contributed by atoms with Gasteiger partial charge in [0.05, 0.1) is 0 Å². The zero-order valence-electron chi connectivity index (χ0n) is 10.3. The maximum atomic E-state index is 3.57. The summed E-state index contributed by atoms with van der Waals surface area (Å²) in [6.45, 7) is 0. The van der Waals surface area contributed by atoms with Crippen molar-refractivity contribution in [2.75, 3.05) is 7.05 Å². The fraction of sp³-hybridized carbons (Fsp3) is 1.00. The first kappa shape index (κ1) is 11.4. The lowest BCUT2D eigenvalue weighted by molar-refractivity contribution is 0.327. The van der Waals surface area contributed by atoms with E-state index in [4.69, 9.17) is 0 Å². The quantitative estimate of drug-likeness (QED) is 0.727. The summed E-state index contributed by atoms with van der Waals surface area (Å²) in [5.41, 5.74) is 0. The molecule has 15 heavy (non-hydrogen) atoms. The van der Waals surface area contributed by atoms with Gasteiger partial charge in [-0.1, -0.05) is 38.5 Å². The molecule has 1 N–H and O–H groups in total. The highest BCUT2D eigenvalue weighted by Crippen LogP contribution is 2.33. The fourth-order valence-corrected chi connectivity index (χ4v) is 3.69. The van der Waals surface area contributed by atoms with Crippen LogP contribution < -0.4 is 5.32 Å². The molecule has 0 aromatic carbocycles. The first-order valence-corrected chi connectivity index (χ1v) is 7.07. The van der Waals surface area contributed by atoms with E-state index in [-0.39, 0.29) is 0 Å². The second kappa shape index (κ2) is 5.89. The summed E-state index contributed by atoms with van der Waals surface area (Å²) in [7, 11) is 2.16. The van der Waals surface area contributed by atoms with Crippen LogP contribution in [0.3, 0.4) is 0 Å². The third kappa shape index (κ3) is 3.21. The molecule has 0 saturated heterocycles. The largest absolute Gasteiger partial charge is 0.317 e. The van der Waals surface area contributed by atoms with Crippen molar-refractivity contribution in [1.82, 2.24) is 5.32 Å². The van der Waals surface area contributed by atoms with Crippen molar-refractivity contribution in [2.45, 2.75) is 70.3 Å². The molecule has 1 unspecified atom stereocenters. The van der Waals surface area contributed by atoms with Crippen LogP contribution in [0.15, 0.2) is 0 Å². The van der Waals surface area contributed by atoms with Crippen LogP contribution in [-0.2, 0) is 0 Å². The van der Waals surface area contributed by atoms with Crippen molar-refractivity contribution in [1.29, 1.82) is 0 Å². The van der Waals surface area contributed by atoms with Crippen molar-refractivity contribution < 1.29 is 0 Å². The van der Waals surface area contributed by atoms with Gasteiger partial charge in [0.25, 0.3) is 0 Å². The molecule has 0 spiro atoms. The lowest BCUT2D eigenvalue weighted by Gasteiger charge is -2.24. The van der Waals surface area contributed by atoms with Gasteiger partial charge in [-0.05, 0) is 44.6 Å². The van der Waals surface area contributed by atoms with Crippen LogP contribution in [0, 0.1) is 11.8 Å². The van der Waals surface area contributed by atoms with Gasteiger partial charge in [-0.3, -0.25) is 0 Å². The molecule has 1 heteroatoms. The topological polar surface area (TPSA) is 12.0 Å². The van der Waals surface area contributed by atoms with Crippen LogP contribution in [0.4, 0.5) is 0 Å². The number of hydrogen-bond donors (Lipinski definition) is 1. The molecular formula is C14H27N. The second-order valence-electron chi connectivity index (χ2n) is 5.67. The van der Waals surface area contributed by atoms with Crippen LogP contribution in [0.5, 0.6) is 0 Å². The monoisotopic (exact) mass is 209 g/mol. The summed E-state index contributed by atoms with van der Waals surface area (Å²) in [6, 6.07) is 0.827. The minimum Gasteiger partial charge on any atom is -0.317 e. The minimum absolute atomic E-state index is 0.827. The lowest BCUT2D eigenvalue weighted by Crippen LogP contribution is -2.32. The molecule has 0 amide bonds. The predicted molar refractivity (Wildman–Crippen MR) is 66.0 cm³/mol. The second-order valence-corrected chi connectivity index (χ2v) is 5.67. The van der Waals surface area contributed by atoms with Crippen LogP contribution in [0.25, 0.3) is 0 Å². The van der Waals surface area contributed by atoms with Crippen LogP contribution in [0.1, 0.15) is 64.2 Å². The molecule has 2 rings (SSSR count). The lowest BCUT2D eigenvalue weighted by atomic mass is 9.90. The Kier molecular flexibility index (Phi) is 4.49. The van der Waals surface area contributed by atoms with Crippen molar-refractivity contribution in [3.63, 3.8) is 0 Å². The van der Waals surface area contributed by atoms with Gasteiger partial charge >= 0.3 is 0 Å². The van der Waals surface area contributed by atoms with E-state index >= 15 is 0 Å². The average molecular weight is 209 g/mol. The summed E-state index contributed by atoms with van der Waals surface area (Å²) in [5, 5.41) is 3.57. The third-order valence-electron chi connectivity index (χ3n) is 4.70. The average Bonchev–Trinajstić information content (AvgIpc) is 2.90. The molecule has 2 aliphatic rings. The maximum absolute atomic E-state index is 3.57. The van der Waals surface area contributed by atoms with Crippen molar-refractivity contribution in [3.8, 4) is 0 Å². The maximum Gasteiger partial charge on any atom is 0.00924 e. The Hall–Kier alpha value is -0.0400. The molecule has 0 aromatic heterocycles. The molecule has 0 radical (unpaired) electrons. The Morgan fingerprint density at radius 3 is 2.20 bits per heavy atom. The van der Waals surface area contributed by atoms with E-state index in [0.717, 1.165) is 17.9 Å². The SMILES string of the molecule is CNC(CCC1CCCC1)C1CCCC1. The Labute approximate surface area is 95.0 Å². The molecule has 2 saturated carbocycles. The standard InChI is InChI=1S/C14H27N/c1-15-14(13-8-4-5-9-13)11-10-12-6-2-3-7-12/h12-15H,2-11H2,1H3. The molecule has 88 valence electrons. The molecule has 0 heterocycles. The normalized spacial score (nSPS) is 26.2. The predicted octanol–water partition coefficient (Wildman–Crippen LogP) is 3.74. The van der Waals surface area contributed by atoms with Crippen molar-refractivity contribution >= 4 is 0 Å². The molecular weight excluding hydrogens is 182 g/mol. The summed E-state index contributed by atoms with van der Waals surface area (Å²) >= 11 is 0. The number of nitrogens with one attached hydrogen (secondary N) is 1. The summed E-state index contributed by atoms with van der Waals surface area (Å²) in [6.07, 6.45) is 14.9. The van der Waals surface area contributed by atoms with Gasteiger partial charge in [0.1, 0.15) is 0 Å². The van der Waals surface area contributed by atoms with Crippen LogP contribution in [-0.4, -0.2) is 13.1 Å². The van der Waals surface area contributed by atoms with Crippen LogP contribution in [0.2, 0.25) is 0 Å². The Morgan fingerprint density at radius 1 is 1.00 bits per heavy atom. The van der Waals surface area contributed by atoms with E-state index < -0.39 is 0 Å². The van der Waals surface area contributed by atoms with Gasteiger partial charge in [0, 0.05) is 6.04 Å². The molecule has 0 aliphatic heterocycles. The zero-order chi connectivity index (χ0) is 10.5. The van der Waals surface area contributed by atoms with Crippen molar-refractivity contribution in [2.24, 2.45) is 11.8 Å². The van der Waals surface area contributed by atoms with Gasteiger partial charge in [0.15, 0.2) is 0 Å². The smallest absolute Gasteiger partial charge is 0.00924 e. The first-order valence-electron chi connectivity index (χ1n) is 7.07. The van der Waals surface area contributed by atoms with Gasteiger partial charge in [-0.2, -0.15) is 0 Å². The Morgan fingerprint density at radius 2 is 1.60 bits per heavy atom. The molecule has 0 bridgehead atoms. The third-order valence-corrected chi connectivity index (χ3v) is 4.70. The number of hydrogen-bond acceptors (Lipinski definition) is 1. The zero-order valence-corrected chi connectivity index (χ0v) is 10.3. The minimum atomic E-state index is 0.827. The molecule has 1 nitrogen and oxygen atoms in total. The van der Waals surface area contributed by atoms with Crippen LogP contribution >= 0.6 is 0 Å². The summed E-state index contributed by atoms with van der Waals surface area (Å²) < 4.78 is 0. The molecule has 1 atom stereocenters.